The van der Waals surface area contributed by atoms with Crippen LogP contribution in [0.5, 0.6) is 0 Å². The highest BCUT2D eigenvalue weighted by Crippen LogP contribution is 2.42. The van der Waals surface area contributed by atoms with Crippen LogP contribution in [0, 0.1) is 5.92 Å². The second kappa shape index (κ2) is 8.41. The summed E-state index contributed by atoms with van der Waals surface area (Å²) in [4.78, 5) is 12.2. The SMILES string of the molecule is CC(N)C(C)C(=O)NCC1(c2cccc(C(F)(F)F)c2)CCCC1.Cl. The minimum atomic E-state index is -4.36. The van der Waals surface area contributed by atoms with Crippen molar-refractivity contribution in [3.8, 4) is 0 Å². The predicted octanol–water partition coefficient (Wildman–Crippen LogP) is 4.04. The fourth-order valence-corrected chi connectivity index (χ4v) is 3.30. The Morgan fingerprint density at radius 1 is 1.28 bits per heavy atom. The van der Waals surface area contributed by atoms with E-state index in [4.69, 9.17) is 5.73 Å². The normalized spacial score (nSPS) is 19.0. The molecule has 0 aromatic heterocycles. The van der Waals surface area contributed by atoms with Gasteiger partial charge in [-0.15, -0.1) is 12.4 Å². The Labute approximate surface area is 153 Å². The lowest BCUT2D eigenvalue weighted by Gasteiger charge is -2.31. The van der Waals surface area contributed by atoms with Crippen LogP contribution in [0.25, 0.3) is 0 Å². The molecule has 1 fully saturated rings. The second-order valence-corrected chi connectivity index (χ2v) is 6.93. The number of nitrogens with one attached hydrogen (secondary N) is 1. The first-order valence-corrected chi connectivity index (χ1v) is 8.37. The molecule has 0 saturated heterocycles. The molecule has 3 N–H and O–H groups in total. The average Bonchev–Trinajstić information content (AvgIpc) is 3.01. The highest BCUT2D eigenvalue weighted by atomic mass is 35.5. The number of carbonyl (C=O) groups is 1. The molecule has 0 aliphatic heterocycles. The number of rotatable bonds is 5. The third-order valence-corrected chi connectivity index (χ3v) is 5.17. The molecular weight excluding hydrogens is 353 g/mol. The van der Waals surface area contributed by atoms with Crippen molar-refractivity contribution < 1.29 is 18.0 Å². The van der Waals surface area contributed by atoms with E-state index in [-0.39, 0.29) is 30.3 Å². The van der Waals surface area contributed by atoms with E-state index in [9.17, 15) is 18.0 Å². The van der Waals surface area contributed by atoms with Crippen molar-refractivity contribution in [2.24, 2.45) is 11.7 Å². The Morgan fingerprint density at radius 2 is 1.88 bits per heavy atom. The zero-order chi connectivity index (χ0) is 18.0. The van der Waals surface area contributed by atoms with Gasteiger partial charge in [-0.25, -0.2) is 0 Å². The van der Waals surface area contributed by atoms with Crippen LogP contribution in [0.3, 0.4) is 0 Å². The van der Waals surface area contributed by atoms with Gasteiger partial charge in [0, 0.05) is 23.9 Å². The molecule has 1 aromatic carbocycles. The highest BCUT2D eigenvalue weighted by Gasteiger charge is 2.38. The maximum Gasteiger partial charge on any atom is 0.416 e. The fourth-order valence-electron chi connectivity index (χ4n) is 3.30. The quantitative estimate of drug-likeness (QED) is 0.812. The van der Waals surface area contributed by atoms with Gasteiger partial charge in [-0.1, -0.05) is 38.0 Å². The minimum absolute atomic E-state index is 0. The zero-order valence-corrected chi connectivity index (χ0v) is 15.3. The van der Waals surface area contributed by atoms with E-state index in [0.717, 1.165) is 31.7 Å². The van der Waals surface area contributed by atoms with Crippen LogP contribution in [0.2, 0.25) is 0 Å². The fraction of sp³-hybridized carbons (Fsp3) is 0.611. The van der Waals surface area contributed by atoms with E-state index in [0.29, 0.717) is 12.1 Å². The third kappa shape index (κ3) is 5.11. The van der Waals surface area contributed by atoms with Crippen molar-refractivity contribution in [3.63, 3.8) is 0 Å². The summed E-state index contributed by atoms with van der Waals surface area (Å²) >= 11 is 0. The standard InChI is InChI=1S/C18H25F3N2O.ClH/c1-12(13(2)22)16(24)23-11-17(8-3-4-9-17)14-6-5-7-15(10-14)18(19,20)21;/h5-7,10,12-13H,3-4,8-9,11,22H2,1-2H3,(H,23,24);1H. The predicted molar refractivity (Wildman–Crippen MR) is 94.7 cm³/mol. The molecule has 2 unspecified atom stereocenters. The van der Waals surface area contributed by atoms with Gasteiger partial charge < -0.3 is 11.1 Å². The summed E-state index contributed by atoms with van der Waals surface area (Å²) in [7, 11) is 0. The van der Waals surface area contributed by atoms with Crippen molar-refractivity contribution in [2.75, 3.05) is 6.54 Å². The van der Waals surface area contributed by atoms with Crippen molar-refractivity contribution in [2.45, 2.75) is 57.2 Å². The molecule has 1 saturated carbocycles. The Morgan fingerprint density at radius 3 is 2.40 bits per heavy atom. The molecule has 2 atom stereocenters. The molecule has 1 aliphatic rings. The summed E-state index contributed by atoms with van der Waals surface area (Å²) in [5.41, 5.74) is 5.34. The third-order valence-electron chi connectivity index (χ3n) is 5.17. The van der Waals surface area contributed by atoms with Crippen LogP contribution in [0.4, 0.5) is 13.2 Å². The second-order valence-electron chi connectivity index (χ2n) is 6.93. The molecule has 142 valence electrons. The summed E-state index contributed by atoms with van der Waals surface area (Å²) in [5, 5.41) is 2.90. The molecule has 7 heteroatoms. The van der Waals surface area contributed by atoms with Gasteiger partial charge >= 0.3 is 6.18 Å². The van der Waals surface area contributed by atoms with Gasteiger partial charge in [0.1, 0.15) is 0 Å². The van der Waals surface area contributed by atoms with Gasteiger partial charge in [0.15, 0.2) is 0 Å². The van der Waals surface area contributed by atoms with Crippen LogP contribution in [-0.2, 0) is 16.4 Å². The zero-order valence-electron chi connectivity index (χ0n) is 14.5. The number of hydrogen-bond donors (Lipinski definition) is 2. The first-order valence-electron chi connectivity index (χ1n) is 8.37. The maximum atomic E-state index is 13.0. The van der Waals surface area contributed by atoms with Gasteiger partial charge in [0.05, 0.1) is 5.56 Å². The van der Waals surface area contributed by atoms with E-state index in [2.05, 4.69) is 5.32 Å². The number of alkyl halides is 3. The molecule has 0 heterocycles. The summed E-state index contributed by atoms with van der Waals surface area (Å²) in [6.07, 6.45) is -0.894. The maximum absolute atomic E-state index is 13.0. The molecular formula is C18H26ClF3N2O. The average molecular weight is 379 g/mol. The molecule has 25 heavy (non-hydrogen) atoms. The van der Waals surface area contributed by atoms with Crippen molar-refractivity contribution in [1.29, 1.82) is 0 Å². The smallest absolute Gasteiger partial charge is 0.355 e. The molecule has 3 nitrogen and oxygen atoms in total. The van der Waals surface area contributed by atoms with Crippen LogP contribution in [0.15, 0.2) is 24.3 Å². The number of halogens is 4. The van der Waals surface area contributed by atoms with E-state index < -0.39 is 17.2 Å². The first-order chi connectivity index (χ1) is 11.2. The Kier molecular flexibility index (Phi) is 7.32. The lowest BCUT2D eigenvalue weighted by molar-refractivity contribution is -0.137. The summed E-state index contributed by atoms with van der Waals surface area (Å²) in [6, 6.07) is 5.24. The van der Waals surface area contributed by atoms with E-state index in [1.165, 1.54) is 12.1 Å². The van der Waals surface area contributed by atoms with Crippen molar-refractivity contribution in [1.82, 2.24) is 5.32 Å². The van der Waals surface area contributed by atoms with E-state index >= 15 is 0 Å². The molecule has 1 aromatic rings. The summed E-state index contributed by atoms with van der Waals surface area (Å²) in [6.45, 7) is 3.87. The minimum Gasteiger partial charge on any atom is -0.355 e. The lowest BCUT2D eigenvalue weighted by Crippen LogP contribution is -2.44. The first kappa shape index (κ1) is 21.8. The molecule has 0 spiro atoms. The van der Waals surface area contributed by atoms with Gasteiger partial charge in [-0.05, 0) is 31.4 Å². The molecule has 1 amide bonds. The Bertz CT molecular complexity index is 584. The van der Waals surface area contributed by atoms with Crippen LogP contribution in [0.1, 0.15) is 50.7 Å². The number of hydrogen-bond acceptors (Lipinski definition) is 2. The monoisotopic (exact) mass is 378 g/mol. The number of amides is 1. The molecule has 1 aliphatic carbocycles. The molecule has 0 bridgehead atoms. The van der Waals surface area contributed by atoms with E-state index in [1.54, 1.807) is 19.9 Å². The van der Waals surface area contributed by atoms with Crippen molar-refractivity contribution in [3.05, 3.63) is 35.4 Å². The largest absolute Gasteiger partial charge is 0.416 e. The van der Waals surface area contributed by atoms with Crippen LogP contribution in [-0.4, -0.2) is 18.5 Å². The Balaban J connectivity index is 0.00000312. The summed E-state index contributed by atoms with van der Waals surface area (Å²) < 4.78 is 39.0. The van der Waals surface area contributed by atoms with Gasteiger partial charge in [-0.2, -0.15) is 13.2 Å². The van der Waals surface area contributed by atoms with Gasteiger partial charge in [0.25, 0.3) is 0 Å². The number of benzene rings is 1. The molecule has 2 rings (SSSR count). The van der Waals surface area contributed by atoms with Crippen LogP contribution < -0.4 is 11.1 Å². The molecule has 0 radical (unpaired) electrons. The lowest BCUT2D eigenvalue weighted by atomic mass is 9.78. The number of carbonyl (C=O) groups excluding carboxylic acids is 1. The van der Waals surface area contributed by atoms with E-state index in [1.807, 2.05) is 0 Å². The topological polar surface area (TPSA) is 55.1 Å². The number of nitrogens with two attached hydrogens (primary N) is 1. The van der Waals surface area contributed by atoms with Crippen molar-refractivity contribution >= 4 is 18.3 Å². The van der Waals surface area contributed by atoms with Gasteiger partial charge in [0.2, 0.25) is 5.91 Å². The van der Waals surface area contributed by atoms with Gasteiger partial charge in [-0.3, -0.25) is 4.79 Å². The van der Waals surface area contributed by atoms with Crippen LogP contribution >= 0.6 is 12.4 Å². The Hall–Kier alpha value is -1.27. The highest BCUT2D eigenvalue weighted by molar-refractivity contribution is 5.85. The summed E-state index contributed by atoms with van der Waals surface area (Å²) in [5.74, 6) is -0.479.